The minimum Gasteiger partial charge on any atom is -0.423 e. The predicted octanol–water partition coefficient (Wildman–Crippen LogP) is 0.750. The Morgan fingerprint density at radius 3 is 2.60 bits per heavy atom. The first kappa shape index (κ1) is 14.0. The lowest BCUT2D eigenvalue weighted by Crippen LogP contribution is -2.55. The third-order valence-electron chi connectivity index (χ3n) is 2.91. The zero-order chi connectivity index (χ0) is 14.9. The van der Waals surface area contributed by atoms with E-state index < -0.39 is 23.4 Å². The second-order valence-corrected chi connectivity index (χ2v) is 4.65. The predicted molar refractivity (Wildman–Crippen MR) is 68.1 cm³/mol. The number of benzene rings is 1. The second-order valence-electron chi connectivity index (χ2n) is 4.65. The maximum atomic E-state index is 12.3. The number of amides is 2. The summed E-state index contributed by atoms with van der Waals surface area (Å²) in [7, 11) is 2.99. The molecule has 0 aliphatic carbocycles. The van der Waals surface area contributed by atoms with Crippen molar-refractivity contribution in [2.75, 3.05) is 14.1 Å². The number of ketones is 1. The molecule has 2 amide bonds. The molecule has 1 heterocycles. The standard InChI is InChI=1S/C13H14N2O5/c1-13(20-14-12(18)15(2)3)10(16)8-6-4-5-7-9(8)19-11(13)17/h4-7H,1-3H3,(H,14,18). The lowest BCUT2D eigenvalue weighted by atomic mass is 9.92. The van der Waals surface area contributed by atoms with Crippen LogP contribution in [0, 0.1) is 0 Å². The summed E-state index contributed by atoms with van der Waals surface area (Å²) in [6.07, 6.45) is 0. The van der Waals surface area contributed by atoms with Crippen LogP contribution in [0.2, 0.25) is 0 Å². The number of hydroxylamine groups is 1. The molecule has 0 radical (unpaired) electrons. The highest BCUT2D eigenvalue weighted by Gasteiger charge is 2.50. The van der Waals surface area contributed by atoms with Gasteiger partial charge in [0.1, 0.15) is 5.75 Å². The molecule has 1 aliphatic heterocycles. The first-order chi connectivity index (χ1) is 9.36. The van der Waals surface area contributed by atoms with Gasteiger partial charge in [0.15, 0.2) is 0 Å². The monoisotopic (exact) mass is 278 g/mol. The first-order valence-electron chi connectivity index (χ1n) is 5.87. The molecule has 0 saturated carbocycles. The number of Topliss-reactive ketones (excluding diaryl/α,β-unsaturated/α-hetero) is 1. The van der Waals surface area contributed by atoms with E-state index in [0.29, 0.717) is 0 Å². The van der Waals surface area contributed by atoms with Crippen molar-refractivity contribution in [2.24, 2.45) is 0 Å². The molecule has 1 N–H and O–H groups in total. The van der Waals surface area contributed by atoms with Crippen LogP contribution in [-0.4, -0.2) is 42.4 Å². The van der Waals surface area contributed by atoms with E-state index in [2.05, 4.69) is 0 Å². The van der Waals surface area contributed by atoms with Gasteiger partial charge in [-0.25, -0.2) is 19.9 Å². The van der Waals surface area contributed by atoms with Crippen molar-refractivity contribution in [3.05, 3.63) is 29.8 Å². The molecule has 7 nitrogen and oxygen atoms in total. The quantitative estimate of drug-likeness (QED) is 0.373. The van der Waals surface area contributed by atoms with E-state index in [1.807, 2.05) is 5.48 Å². The van der Waals surface area contributed by atoms with Crippen LogP contribution in [0.25, 0.3) is 0 Å². The topological polar surface area (TPSA) is 84.9 Å². The highest BCUT2D eigenvalue weighted by molar-refractivity contribution is 6.19. The van der Waals surface area contributed by atoms with Crippen LogP contribution in [0.3, 0.4) is 0 Å². The molecule has 0 spiro atoms. The SMILES string of the molecule is CN(C)C(=O)NOC1(C)C(=O)Oc2ccccc2C1=O. The van der Waals surface area contributed by atoms with Crippen molar-refractivity contribution in [2.45, 2.75) is 12.5 Å². The van der Waals surface area contributed by atoms with E-state index in [0.717, 1.165) is 0 Å². The molecule has 0 saturated heterocycles. The molecule has 1 aromatic rings. The number of para-hydroxylation sites is 1. The molecular formula is C13H14N2O5. The van der Waals surface area contributed by atoms with Gasteiger partial charge in [-0.1, -0.05) is 12.1 Å². The van der Waals surface area contributed by atoms with E-state index in [9.17, 15) is 14.4 Å². The molecule has 7 heteroatoms. The molecule has 0 fully saturated rings. The Balaban J connectivity index is 2.26. The van der Waals surface area contributed by atoms with Gasteiger partial charge in [0.05, 0.1) is 5.56 Å². The fourth-order valence-corrected chi connectivity index (χ4v) is 1.62. The molecule has 1 aromatic carbocycles. The van der Waals surface area contributed by atoms with Gasteiger partial charge in [0.25, 0.3) is 5.60 Å². The van der Waals surface area contributed by atoms with Gasteiger partial charge in [0, 0.05) is 14.1 Å². The maximum absolute atomic E-state index is 12.3. The molecule has 1 aliphatic rings. The third-order valence-corrected chi connectivity index (χ3v) is 2.91. The lowest BCUT2D eigenvalue weighted by molar-refractivity contribution is -0.161. The lowest BCUT2D eigenvalue weighted by Gasteiger charge is -2.30. The highest BCUT2D eigenvalue weighted by Crippen LogP contribution is 2.31. The number of hydrogen-bond acceptors (Lipinski definition) is 5. The van der Waals surface area contributed by atoms with Crippen LogP contribution in [-0.2, 0) is 9.63 Å². The average molecular weight is 278 g/mol. The van der Waals surface area contributed by atoms with E-state index in [4.69, 9.17) is 9.57 Å². The van der Waals surface area contributed by atoms with E-state index >= 15 is 0 Å². The Morgan fingerprint density at radius 1 is 1.30 bits per heavy atom. The largest absolute Gasteiger partial charge is 0.423 e. The Kier molecular flexibility index (Phi) is 3.46. The van der Waals surface area contributed by atoms with Crippen LogP contribution in [0.5, 0.6) is 5.75 Å². The number of ether oxygens (including phenoxy) is 1. The fourth-order valence-electron chi connectivity index (χ4n) is 1.62. The van der Waals surface area contributed by atoms with Gasteiger partial charge in [-0.3, -0.25) is 4.79 Å². The molecule has 1 atom stereocenters. The number of esters is 1. The third kappa shape index (κ3) is 2.23. The van der Waals surface area contributed by atoms with Gasteiger partial charge in [0.2, 0.25) is 5.78 Å². The number of hydrogen-bond donors (Lipinski definition) is 1. The zero-order valence-corrected chi connectivity index (χ0v) is 11.3. The number of carbonyl (C=O) groups is 3. The van der Waals surface area contributed by atoms with Crippen molar-refractivity contribution in [1.82, 2.24) is 10.4 Å². The average Bonchev–Trinajstić information content (AvgIpc) is 2.42. The van der Waals surface area contributed by atoms with Crippen LogP contribution >= 0.6 is 0 Å². The van der Waals surface area contributed by atoms with Gasteiger partial charge >= 0.3 is 12.0 Å². The van der Waals surface area contributed by atoms with Crippen molar-refractivity contribution >= 4 is 17.8 Å². The summed E-state index contributed by atoms with van der Waals surface area (Å²) < 4.78 is 5.06. The minimum absolute atomic E-state index is 0.183. The zero-order valence-electron chi connectivity index (χ0n) is 11.3. The van der Waals surface area contributed by atoms with Crippen molar-refractivity contribution in [3.63, 3.8) is 0 Å². The molecule has 20 heavy (non-hydrogen) atoms. The Labute approximate surface area is 115 Å². The summed E-state index contributed by atoms with van der Waals surface area (Å²) in [5.41, 5.74) is 0.377. The number of carbonyl (C=O) groups excluding carboxylic acids is 3. The minimum atomic E-state index is -1.90. The van der Waals surface area contributed by atoms with Gasteiger partial charge in [-0.2, -0.15) is 0 Å². The Bertz CT molecular complexity index is 584. The molecule has 106 valence electrons. The maximum Gasteiger partial charge on any atom is 0.354 e. The fraction of sp³-hybridized carbons (Fsp3) is 0.308. The Morgan fingerprint density at radius 2 is 1.95 bits per heavy atom. The summed E-state index contributed by atoms with van der Waals surface area (Å²) in [5, 5.41) is 0. The summed E-state index contributed by atoms with van der Waals surface area (Å²) in [6, 6.07) is 5.75. The number of rotatable bonds is 2. The van der Waals surface area contributed by atoms with Crippen molar-refractivity contribution < 1.29 is 24.0 Å². The highest BCUT2D eigenvalue weighted by atomic mass is 16.7. The summed E-state index contributed by atoms with van der Waals surface area (Å²) in [5.74, 6) is -1.26. The normalized spacial score (nSPS) is 20.9. The number of fused-ring (bicyclic) bond motifs is 1. The number of nitrogens with one attached hydrogen (secondary N) is 1. The van der Waals surface area contributed by atoms with Crippen LogP contribution in [0.1, 0.15) is 17.3 Å². The van der Waals surface area contributed by atoms with Crippen LogP contribution < -0.4 is 10.2 Å². The van der Waals surface area contributed by atoms with Crippen LogP contribution in [0.15, 0.2) is 24.3 Å². The second kappa shape index (κ2) is 4.93. The molecule has 0 bridgehead atoms. The molecule has 1 unspecified atom stereocenters. The van der Waals surface area contributed by atoms with Gasteiger partial charge < -0.3 is 9.64 Å². The van der Waals surface area contributed by atoms with Gasteiger partial charge in [-0.05, 0) is 19.1 Å². The molecular weight excluding hydrogens is 264 g/mol. The summed E-state index contributed by atoms with van der Waals surface area (Å²) >= 11 is 0. The smallest absolute Gasteiger partial charge is 0.354 e. The van der Waals surface area contributed by atoms with Crippen LogP contribution in [0.4, 0.5) is 4.79 Å². The first-order valence-corrected chi connectivity index (χ1v) is 5.87. The van der Waals surface area contributed by atoms with E-state index in [1.165, 1.54) is 38.1 Å². The Hall–Kier alpha value is -2.41. The van der Waals surface area contributed by atoms with E-state index in [1.54, 1.807) is 12.1 Å². The molecule has 2 rings (SSSR count). The van der Waals surface area contributed by atoms with Crippen molar-refractivity contribution in [1.29, 1.82) is 0 Å². The number of nitrogens with zero attached hydrogens (tertiary/aromatic N) is 1. The van der Waals surface area contributed by atoms with Gasteiger partial charge in [-0.15, -0.1) is 0 Å². The molecule has 0 aromatic heterocycles. The summed E-state index contributed by atoms with van der Waals surface area (Å²) in [4.78, 5) is 41.9. The summed E-state index contributed by atoms with van der Waals surface area (Å²) in [6.45, 7) is 1.25. The van der Waals surface area contributed by atoms with Crippen molar-refractivity contribution in [3.8, 4) is 5.75 Å². The number of urea groups is 1. The van der Waals surface area contributed by atoms with E-state index in [-0.39, 0.29) is 11.3 Å².